The van der Waals surface area contributed by atoms with Crippen LogP contribution in [-0.2, 0) is 6.54 Å². The number of amides is 1. The number of hydrogen-bond donors (Lipinski definition) is 3. The molecule has 2 rings (SSSR count). The topological polar surface area (TPSA) is 92.6 Å². The molecule has 136 valence electrons. The van der Waals surface area contributed by atoms with E-state index < -0.39 is 5.91 Å². The van der Waals surface area contributed by atoms with Crippen LogP contribution in [-0.4, -0.2) is 31.2 Å². The van der Waals surface area contributed by atoms with Gasteiger partial charge in [0.25, 0.3) is 5.91 Å². The molecule has 0 radical (unpaired) electrons. The van der Waals surface area contributed by atoms with Crippen LogP contribution in [0.5, 0.6) is 0 Å². The van der Waals surface area contributed by atoms with Gasteiger partial charge in [-0.3, -0.25) is 9.79 Å². The van der Waals surface area contributed by atoms with Gasteiger partial charge in [-0.2, -0.15) is 0 Å². The van der Waals surface area contributed by atoms with Gasteiger partial charge in [-0.15, -0.1) is 35.7 Å². The van der Waals surface area contributed by atoms with Gasteiger partial charge in [-0.05, 0) is 36.4 Å². The molecule has 0 unspecified atom stereocenters. The van der Waals surface area contributed by atoms with Gasteiger partial charge in [0, 0.05) is 29.3 Å². The van der Waals surface area contributed by atoms with E-state index in [0.717, 1.165) is 17.3 Å². The molecule has 6 nitrogen and oxygen atoms in total. The summed E-state index contributed by atoms with van der Waals surface area (Å²) in [6.07, 6.45) is 0. The van der Waals surface area contributed by atoms with Gasteiger partial charge in [0.05, 0.1) is 6.54 Å². The van der Waals surface area contributed by atoms with Crippen molar-refractivity contribution in [3.8, 4) is 0 Å². The normalized spacial score (nSPS) is 10.9. The second-order valence-corrected chi connectivity index (χ2v) is 6.39. The molecule has 0 aliphatic carbocycles. The van der Waals surface area contributed by atoms with Gasteiger partial charge < -0.3 is 20.8 Å². The lowest BCUT2D eigenvalue weighted by molar-refractivity contribution is 0.0972. The Kier molecular flexibility index (Phi) is 9.76. The summed E-state index contributed by atoms with van der Waals surface area (Å²) in [5.74, 6) is 1.72. The van der Waals surface area contributed by atoms with Crippen LogP contribution in [0.2, 0.25) is 5.02 Å². The molecule has 25 heavy (non-hydrogen) atoms. The third kappa shape index (κ3) is 7.57. The highest BCUT2D eigenvalue weighted by molar-refractivity contribution is 14.0. The van der Waals surface area contributed by atoms with E-state index in [-0.39, 0.29) is 29.7 Å². The fraction of sp³-hybridized carbons (Fsp3) is 0.250. The Bertz CT molecular complexity index is 706. The Balaban J connectivity index is 0.00000312. The number of benzene rings is 1. The number of carbonyl (C=O) groups is 1. The molecule has 0 fully saturated rings. The highest BCUT2D eigenvalue weighted by atomic mass is 127. The highest BCUT2D eigenvalue weighted by Gasteiger charge is 2.07. The molecule has 1 aromatic heterocycles. The lowest BCUT2D eigenvalue weighted by Gasteiger charge is -2.10. The number of guanidine groups is 1. The number of nitrogens with zero attached hydrogens (tertiary/aromatic N) is 1. The van der Waals surface area contributed by atoms with E-state index in [9.17, 15) is 4.79 Å². The minimum atomic E-state index is -0.581. The summed E-state index contributed by atoms with van der Waals surface area (Å²) in [6.45, 7) is 1.16. The van der Waals surface area contributed by atoms with Crippen LogP contribution < -0.4 is 16.4 Å². The Morgan fingerprint density at radius 1 is 1.24 bits per heavy atom. The standard InChI is InChI=1S/C16H19ClN4O2S.HI/c1-19-16(21-10-12-4-7-14(23-12)15(18)22)20-8-9-24-13-5-2-11(17)3-6-13;/h2-7H,8-10H2,1H3,(H2,18,22)(H2,19,20,21);1H. The van der Waals surface area contributed by atoms with Crippen molar-refractivity contribution in [2.75, 3.05) is 19.3 Å². The second-order valence-electron chi connectivity index (χ2n) is 4.79. The highest BCUT2D eigenvalue weighted by Crippen LogP contribution is 2.19. The first-order valence-electron chi connectivity index (χ1n) is 7.30. The van der Waals surface area contributed by atoms with Crippen molar-refractivity contribution in [1.29, 1.82) is 0 Å². The van der Waals surface area contributed by atoms with E-state index in [1.165, 1.54) is 4.90 Å². The van der Waals surface area contributed by atoms with Crippen LogP contribution in [0.3, 0.4) is 0 Å². The summed E-state index contributed by atoms with van der Waals surface area (Å²) in [4.78, 5) is 16.3. The van der Waals surface area contributed by atoms with Crippen LogP contribution in [0.15, 0.2) is 50.7 Å². The largest absolute Gasteiger partial charge is 0.454 e. The first kappa shape index (κ1) is 21.7. The fourth-order valence-corrected chi connectivity index (χ4v) is 2.76. The Hall–Kier alpha value is -1.39. The van der Waals surface area contributed by atoms with Crippen molar-refractivity contribution < 1.29 is 9.21 Å². The van der Waals surface area contributed by atoms with Gasteiger partial charge in [-0.25, -0.2) is 0 Å². The summed E-state index contributed by atoms with van der Waals surface area (Å²) < 4.78 is 5.30. The predicted molar refractivity (Wildman–Crippen MR) is 113 cm³/mol. The van der Waals surface area contributed by atoms with Crippen LogP contribution in [0.4, 0.5) is 0 Å². The molecular weight excluding hydrogens is 475 g/mol. The number of halogens is 2. The van der Waals surface area contributed by atoms with Crippen molar-refractivity contribution in [3.05, 3.63) is 52.9 Å². The number of aliphatic imine (C=N–C) groups is 1. The number of nitrogens with two attached hydrogens (primary N) is 1. The number of primary amides is 1. The smallest absolute Gasteiger partial charge is 0.284 e. The van der Waals surface area contributed by atoms with E-state index in [4.69, 9.17) is 21.8 Å². The van der Waals surface area contributed by atoms with Crippen molar-refractivity contribution in [2.24, 2.45) is 10.7 Å². The Morgan fingerprint density at radius 3 is 2.56 bits per heavy atom. The number of hydrogen-bond acceptors (Lipinski definition) is 4. The zero-order valence-corrected chi connectivity index (χ0v) is 17.5. The molecule has 9 heteroatoms. The van der Waals surface area contributed by atoms with Crippen molar-refractivity contribution in [2.45, 2.75) is 11.4 Å². The first-order valence-corrected chi connectivity index (χ1v) is 8.66. The molecule has 0 bridgehead atoms. The lowest BCUT2D eigenvalue weighted by Crippen LogP contribution is -2.37. The molecule has 0 atom stereocenters. The molecule has 2 aromatic rings. The van der Waals surface area contributed by atoms with Crippen LogP contribution in [0.25, 0.3) is 0 Å². The molecule has 0 saturated heterocycles. The molecule has 1 amide bonds. The third-order valence-electron chi connectivity index (χ3n) is 3.04. The SMILES string of the molecule is CN=C(NCCSc1ccc(Cl)cc1)NCc1ccc(C(N)=O)o1.I. The van der Waals surface area contributed by atoms with E-state index in [2.05, 4.69) is 15.6 Å². The van der Waals surface area contributed by atoms with Gasteiger partial charge >= 0.3 is 0 Å². The van der Waals surface area contributed by atoms with Crippen molar-refractivity contribution in [1.82, 2.24) is 10.6 Å². The number of thioether (sulfide) groups is 1. The molecule has 4 N–H and O–H groups in total. The average Bonchev–Trinajstić information content (AvgIpc) is 3.05. The lowest BCUT2D eigenvalue weighted by atomic mass is 10.4. The van der Waals surface area contributed by atoms with E-state index in [0.29, 0.717) is 18.3 Å². The van der Waals surface area contributed by atoms with Crippen molar-refractivity contribution >= 4 is 59.2 Å². The predicted octanol–water partition coefficient (Wildman–Crippen LogP) is 3.11. The zero-order valence-electron chi connectivity index (χ0n) is 13.6. The number of furan rings is 1. The number of nitrogens with one attached hydrogen (secondary N) is 2. The minimum Gasteiger partial charge on any atom is -0.454 e. The van der Waals surface area contributed by atoms with Crippen molar-refractivity contribution in [3.63, 3.8) is 0 Å². The Labute approximate surface area is 173 Å². The van der Waals surface area contributed by atoms with Crippen LogP contribution in [0.1, 0.15) is 16.3 Å². The van der Waals surface area contributed by atoms with E-state index >= 15 is 0 Å². The fourth-order valence-electron chi connectivity index (χ4n) is 1.87. The summed E-state index contributed by atoms with van der Waals surface area (Å²) in [7, 11) is 1.69. The molecule has 1 aromatic carbocycles. The number of carbonyl (C=O) groups excluding carboxylic acids is 1. The molecule has 0 aliphatic rings. The van der Waals surface area contributed by atoms with Crippen LogP contribution in [0, 0.1) is 0 Å². The van der Waals surface area contributed by atoms with Crippen LogP contribution >= 0.6 is 47.3 Å². The van der Waals surface area contributed by atoms with Gasteiger partial charge in [0.1, 0.15) is 5.76 Å². The molecule has 0 saturated carbocycles. The monoisotopic (exact) mass is 494 g/mol. The maximum atomic E-state index is 11.0. The summed E-state index contributed by atoms with van der Waals surface area (Å²) in [6, 6.07) is 11.0. The summed E-state index contributed by atoms with van der Waals surface area (Å²) >= 11 is 7.59. The van der Waals surface area contributed by atoms with E-state index in [1.807, 2.05) is 24.3 Å². The average molecular weight is 495 g/mol. The summed E-state index contributed by atoms with van der Waals surface area (Å²) in [5, 5.41) is 7.06. The molecular formula is C16H20ClIN4O2S. The second kappa shape index (κ2) is 11.3. The third-order valence-corrected chi connectivity index (χ3v) is 4.30. The summed E-state index contributed by atoms with van der Waals surface area (Å²) in [5.41, 5.74) is 5.15. The quantitative estimate of drug-likeness (QED) is 0.181. The molecule has 1 heterocycles. The molecule has 0 aliphatic heterocycles. The minimum absolute atomic E-state index is 0. The molecule has 0 spiro atoms. The van der Waals surface area contributed by atoms with Gasteiger partial charge in [0.2, 0.25) is 0 Å². The maximum Gasteiger partial charge on any atom is 0.284 e. The van der Waals surface area contributed by atoms with Gasteiger partial charge in [0.15, 0.2) is 11.7 Å². The maximum absolute atomic E-state index is 11.0. The Morgan fingerprint density at radius 2 is 1.96 bits per heavy atom. The zero-order chi connectivity index (χ0) is 17.4. The first-order chi connectivity index (χ1) is 11.6. The van der Waals surface area contributed by atoms with E-state index in [1.54, 1.807) is 30.9 Å². The van der Waals surface area contributed by atoms with Gasteiger partial charge in [-0.1, -0.05) is 11.6 Å². The number of rotatable bonds is 7.